The highest BCUT2D eigenvalue weighted by Gasteiger charge is 2.30. The Morgan fingerprint density at radius 1 is 0.919 bits per heavy atom. The standard InChI is InChI=1S/C27H23F3N4O2S/c1-37(35,36)23-11-7-18(8-12-23)24-4-2-3-22(32-24)17-34-14-13-25-20(16-34)15-31-26(33-25)19-5-9-21(10-6-19)27(28,29)30/h2-12,15H,13-14,16-17H2,1H3. The maximum atomic E-state index is 12.8. The molecular formula is C27H23F3N4O2S. The maximum absolute atomic E-state index is 12.8. The molecule has 0 saturated heterocycles. The summed E-state index contributed by atoms with van der Waals surface area (Å²) in [6, 6.07) is 17.3. The van der Waals surface area contributed by atoms with Crippen molar-refractivity contribution < 1.29 is 21.6 Å². The van der Waals surface area contributed by atoms with E-state index in [9.17, 15) is 21.6 Å². The van der Waals surface area contributed by atoms with Crippen LogP contribution in [0.1, 0.15) is 22.5 Å². The van der Waals surface area contributed by atoms with Crippen molar-refractivity contribution in [1.29, 1.82) is 0 Å². The van der Waals surface area contributed by atoms with Crippen LogP contribution >= 0.6 is 0 Å². The molecule has 0 saturated carbocycles. The van der Waals surface area contributed by atoms with Crippen molar-refractivity contribution in [3.63, 3.8) is 0 Å². The topological polar surface area (TPSA) is 76.1 Å². The van der Waals surface area contributed by atoms with Gasteiger partial charge in [-0.3, -0.25) is 9.88 Å². The molecule has 5 rings (SSSR count). The van der Waals surface area contributed by atoms with Crippen LogP contribution in [0.2, 0.25) is 0 Å². The van der Waals surface area contributed by atoms with Gasteiger partial charge in [0.05, 0.1) is 27.5 Å². The normalized spacial score (nSPS) is 14.4. The lowest BCUT2D eigenvalue weighted by atomic mass is 10.1. The van der Waals surface area contributed by atoms with Crippen LogP contribution in [-0.4, -0.2) is 41.1 Å². The number of hydrogen-bond acceptors (Lipinski definition) is 6. The van der Waals surface area contributed by atoms with Gasteiger partial charge in [-0.25, -0.2) is 18.4 Å². The average Bonchev–Trinajstić information content (AvgIpc) is 2.88. The number of nitrogens with zero attached hydrogens (tertiary/aromatic N) is 4. The third-order valence-electron chi connectivity index (χ3n) is 6.25. The second kappa shape index (κ2) is 9.68. The summed E-state index contributed by atoms with van der Waals surface area (Å²) in [5.74, 6) is 0.414. The highest BCUT2D eigenvalue weighted by molar-refractivity contribution is 7.90. The number of rotatable bonds is 5. The van der Waals surface area contributed by atoms with Gasteiger partial charge in [-0.1, -0.05) is 30.3 Å². The van der Waals surface area contributed by atoms with Gasteiger partial charge in [-0.05, 0) is 36.4 Å². The molecule has 3 heterocycles. The van der Waals surface area contributed by atoms with E-state index in [4.69, 9.17) is 4.98 Å². The van der Waals surface area contributed by atoms with Gasteiger partial charge in [0.2, 0.25) is 0 Å². The molecule has 0 aliphatic carbocycles. The monoisotopic (exact) mass is 524 g/mol. The molecule has 2 aromatic carbocycles. The average molecular weight is 525 g/mol. The Morgan fingerprint density at radius 3 is 2.30 bits per heavy atom. The summed E-state index contributed by atoms with van der Waals surface area (Å²) < 4.78 is 61.9. The van der Waals surface area contributed by atoms with Crippen molar-refractivity contribution in [2.45, 2.75) is 30.6 Å². The van der Waals surface area contributed by atoms with E-state index in [2.05, 4.69) is 14.9 Å². The molecule has 37 heavy (non-hydrogen) atoms. The smallest absolute Gasteiger partial charge is 0.293 e. The molecule has 4 aromatic rings. The molecule has 0 radical (unpaired) electrons. The summed E-state index contributed by atoms with van der Waals surface area (Å²) in [6.45, 7) is 2.01. The molecule has 6 nitrogen and oxygen atoms in total. The van der Waals surface area contributed by atoms with E-state index < -0.39 is 21.6 Å². The summed E-state index contributed by atoms with van der Waals surface area (Å²) in [5, 5.41) is 0. The van der Waals surface area contributed by atoms with Gasteiger partial charge in [0, 0.05) is 55.2 Å². The Hall–Kier alpha value is -3.63. The lowest BCUT2D eigenvalue weighted by Crippen LogP contribution is -2.31. The minimum Gasteiger partial charge on any atom is -0.293 e. The van der Waals surface area contributed by atoms with E-state index >= 15 is 0 Å². The van der Waals surface area contributed by atoms with Crippen LogP contribution in [0.25, 0.3) is 22.6 Å². The second-order valence-corrected chi connectivity index (χ2v) is 11.0. The lowest BCUT2D eigenvalue weighted by Gasteiger charge is -2.27. The van der Waals surface area contributed by atoms with E-state index in [1.54, 1.807) is 30.5 Å². The Morgan fingerprint density at radius 2 is 1.62 bits per heavy atom. The fourth-order valence-electron chi connectivity index (χ4n) is 4.29. The van der Waals surface area contributed by atoms with E-state index in [0.29, 0.717) is 30.9 Å². The van der Waals surface area contributed by atoms with Crippen LogP contribution in [0.3, 0.4) is 0 Å². The van der Waals surface area contributed by atoms with Gasteiger partial charge in [0.15, 0.2) is 15.7 Å². The molecule has 10 heteroatoms. The van der Waals surface area contributed by atoms with Crippen LogP contribution in [0.5, 0.6) is 0 Å². The van der Waals surface area contributed by atoms with Crippen molar-refractivity contribution in [2.75, 3.05) is 12.8 Å². The van der Waals surface area contributed by atoms with E-state index in [1.807, 2.05) is 18.2 Å². The molecular weight excluding hydrogens is 501 g/mol. The number of hydrogen-bond donors (Lipinski definition) is 0. The molecule has 0 N–H and O–H groups in total. The minimum absolute atomic E-state index is 0.267. The van der Waals surface area contributed by atoms with Crippen LogP contribution in [-0.2, 0) is 35.5 Å². The van der Waals surface area contributed by atoms with Crippen molar-refractivity contribution in [3.8, 4) is 22.6 Å². The van der Waals surface area contributed by atoms with Gasteiger partial charge in [-0.15, -0.1) is 0 Å². The quantitative estimate of drug-likeness (QED) is 0.358. The van der Waals surface area contributed by atoms with Gasteiger partial charge < -0.3 is 0 Å². The summed E-state index contributed by atoms with van der Waals surface area (Å²) in [4.78, 5) is 16.3. The molecule has 1 aliphatic rings. The fourth-order valence-corrected chi connectivity index (χ4v) is 4.92. The van der Waals surface area contributed by atoms with E-state index in [-0.39, 0.29) is 4.90 Å². The third kappa shape index (κ3) is 5.70. The summed E-state index contributed by atoms with van der Waals surface area (Å²) in [7, 11) is -3.26. The summed E-state index contributed by atoms with van der Waals surface area (Å²) in [5.41, 5.74) is 4.21. The fraction of sp³-hybridized carbons (Fsp3) is 0.222. The first-order valence-corrected chi connectivity index (χ1v) is 13.5. The largest absolute Gasteiger partial charge is 0.416 e. The molecule has 0 atom stereocenters. The van der Waals surface area contributed by atoms with Crippen LogP contribution in [0.4, 0.5) is 13.2 Å². The molecule has 0 fully saturated rings. The SMILES string of the molecule is CS(=O)(=O)c1ccc(-c2cccc(CN3CCc4nc(-c5ccc(C(F)(F)F)cc5)ncc4C3)n2)cc1. The predicted octanol–water partition coefficient (Wildman–Crippen LogP) is 5.19. The molecule has 0 spiro atoms. The minimum atomic E-state index is -4.38. The van der Waals surface area contributed by atoms with Crippen molar-refractivity contribution in [1.82, 2.24) is 19.9 Å². The van der Waals surface area contributed by atoms with Crippen molar-refractivity contribution in [3.05, 3.63) is 95.4 Å². The van der Waals surface area contributed by atoms with Crippen LogP contribution in [0.15, 0.2) is 77.8 Å². The number of fused-ring (bicyclic) bond motifs is 1. The number of pyridine rings is 1. The first-order chi connectivity index (χ1) is 17.6. The molecule has 190 valence electrons. The highest BCUT2D eigenvalue weighted by Crippen LogP contribution is 2.31. The lowest BCUT2D eigenvalue weighted by molar-refractivity contribution is -0.137. The molecule has 1 aliphatic heterocycles. The molecule has 0 bridgehead atoms. The number of sulfone groups is 1. The zero-order valence-electron chi connectivity index (χ0n) is 19.9. The molecule has 0 amide bonds. The Kier molecular flexibility index (Phi) is 6.55. The van der Waals surface area contributed by atoms with Crippen molar-refractivity contribution >= 4 is 9.84 Å². The van der Waals surface area contributed by atoms with Gasteiger partial charge in [0.1, 0.15) is 0 Å². The first-order valence-electron chi connectivity index (χ1n) is 11.6. The third-order valence-corrected chi connectivity index (χ3v) is 7.38. The number of alkyl halides is 3. The molecule has 2 aromatic heterocycles. The first kappa shape index (κ1) is 25.0. The maximum Gasteiger partial charge on any atom is 0.416 e. The summed E-state index contributed by atoms with van der Waals surface area (Å²) >= 11 is 0. The van der Waals surface area contributed by atoms with E-state index in [1.165, 1.54) is 18.4 Å². The Labute approximate surface area is 212 Å². The second-order valence-electron chi connectivity index (χ2n) is 9.01. The van der Waals surface area contributed by atoms with Crippen molar-refractivity contribution in [2.24, 2.45) is 0 Å². The van der Waals surface area contributed by atoms with E-state index in [0.717, 1.165) is 46.9 Å². The zero-order chi connectivity index (χ0) is 26.2. The number of benzene rings is 2. The Balaban J connectivity index is 1.28. The van der Waals surface area contributed by atoms with Crippen LogP contribution in [0, 0.1) is 0 Å². The number of aromatic nitrogens is 3. The number of halogens is 3. The van der Waals surface area contributed by atoms with Gasteiger partial charge in [0.25, 0.3) is 0 Å². The predicted molar refractivity (Wildman–Crippen MR) is 133 cm³/mol. The van der Waals surface area contributed by atoms with Crippen LogP contribution < -0.4 is 0 Å². The molecule has 0 unspecified atom stereocenters. The zero-order valence-corrected chi connectivity index (χ0v) is 20.7. The summed E-state index contributed by atoms with van der Waals surface area (Å²) in [6.07, 6.45) is -0.763. The van der Waals surface area contributed by atoms with Gasteiger partial charge >= 0.3 is 6.18 Å². The Bertz CT molecular complexity index is 1540. The van der Waals surface area contributed by atoms with Gasteiger partial charge in [-0.2, -0.15) is 13.2 Å². The highest BCUT2D eigenvalue weighted by atomic mass is 32.2.